The summed E-state index contributed by atoms with van der Waals surface area (Å²) >= 11 is 6.11. The van der Waals surface area contributed by atoms with Gasteiger partial charge in [-0.15, -0.1) is 0 Å². The van der Waals surface area contributed by atoms with Crippen molar-refractivity contribution in [3.05, 3.63) is 77.3 Å². The van der Waals surface area contributed by atoms with Crippen molar-refractivity contribution in [2.45, 2.75) is 35.1 Å². The van der Waals surface area contributed by atoms with Crippen LogP contribution in [0, 0.1) is 0 Å². The number of nitrogens with two attached hydrogens (primary N) is 1. The molecule has 0 saturated heterocycles. The van der Waals surface area contributed by atoms with E-state index < -0.39 is 38.3 Å². The summed E-state index contributed by atoms with van der Waals surface area (Å²) in [6.45, 7) is 0.483. The number of hydrogen-bond donors (Lipinski definition) is 5. The molecule has 1 aliphatic heterocycles. The maximum atomic E-state index is 13.1. The molecule has 0 saturated carbocycles. The first-order valence-electron chi connectivity index (χ1n) is 13.8. The van der Waals surface area contributed by atoms with Crippen molar-refractivity contribution in [1.29, 1.82) is 0 Å². The van der Waals surface area contributed by atoms with E-state index in [1.165, 1.54) is 48.5 Å². The molecule has 18 heteroatoms. The Hall–Kier alpha value is -4.58. The lowest BCUT2D eigenvalue weighted by Gasteiger charge is -2.37. The lowest BCUT2D eigenvalue weighted by molar-refractivity contribution is -0.117. The van der Waals surface area contributed by atoms with Crippen LogP contribution in [0.3, 0.4) is 0 Å². The number of carbonyl (C=O) groups is 3. The van der Waals surface area contributed by atoms with E-state index in [0.717, 1.165) is 38.3 Å². The molecule has 0 aromatic heterocycles. The topological polar surface area (TPSA) is 224 Å². The minimum atomic E-state index is -4.09. The van der Waals surface area contributed by atoms with Gasteiger partial charge in [0.15, 0.2) is 0 Å². The molecule has 3 aromatic carbocycles. The van der Waals surface area contributed by atoms with E-state index in [1.807, 2.05) is 17.0 Å². The van der Waals surface area contributed by atoms with Crippen LogP contribution < -0.4 is 25.4 Å². The number of carbonyl (C=O) groups excluding carboxylic acids is 3. The van der Waals surface area contributed by atoms with E-state index in [9.17, 15) is 36.3 Å². The Morgan fingerprint density at radius 3 is 1.94 bits per heavy atom. The van der Waals surface area contributed by atoms with Crippen molar-refractivity contribution in [3.63, 3.8) is 0 Å². The van der Waals surface area contributed by atoms with Crippen LogP contribution in [0.5, 0.6) is 0 Å². The molecule has 47 heavy (non-hydrogen) atoms. The predicted molar refractivity (Wildman–Crippen MR) is 174 cm³/mol. The second kappa shape index (κ2) is 16.3. The van der Waals surface area contributed by atoms with Crippen LogP contribution in [-0.4, -0.2) is 73.4 Å². The third-order valence-corrected chi connectivity index (χ3v) is 9.60. The first-order valence-corrected chi connectivity index (χ1v) is 17.2. The fourth-order valence-corrected chi connectivity index (χ4v) is 6.50. The first kappa shape index (κ1) is 36.9. The summed E-state index contributed by atoms with van der Waals surface area (Å²) in [5.41, 5.74) is 8.16. The number of benzene rings is 3. The van der Waals surface area contributed by atoms with Crippen LogP contribution in [0.1, 0.15) is 18.4 Å². The number of fused-ring (bicyclic) bond motifs is 1. The maximum Gasteiger partial charge on any atom is 0.420 e. The van der Waals surface area contributed by atoms with E-state index in [-0.39, 0.29) is 28.7 Å². The normalized spacial score (nSPS) is 13.1. The van der Waals surface area contributed by atoms with E-state index in [4.69, 9.17) is 17.3 Å². The van der Waals surface area contributed by atoms with Crippen LogP contribution >= 0.6 is 11.6 Å². The molecule has 0 radical (unpaired) electrons. The second-order valence-corrected chi connectivity index (χ2v) is 13.7. The van der Waals surface area contributed by atoms with Gasteiger partial charge in [0, 0.05) is 35.2 Å². The lowest BCUT2D eigenvalue weighted by atomic mass is 9.98. The molecule has 0 bridgehead atoms. The van der Waals surface area contributed by atoms with Gasteiger partial charge < -0.3 is 30.5 Å². The number of nitrogens with one attached hydrogen (secondary N) is 3. The number of anilines is 3. The number of ether oxygens (including phenoxy) is 2. The minimum absolute atomic E-state index is 0.0536. The maximum absolute atomic E-state index is 13.1. The first-order chi connectivity index (χ1) is 22.2. The molecule has 15 nitrogen and oxygen atoms in total. The summed E-state index contributed by atoms with van der Waals surface area (Å²) in [4.78, 5) is 36.7. The summed E-state index contributed by atoms with van der Waals surface area (Å²) in [5.74, 6) is -0.329. The molecule has 0 aliphatic carbocycles. The van der Waals surface area contributed by atoms with Gasteiger partial charge in [0.2, 0.25) is 5.91 Å². The van der Waals surface area contributed by atoms with Crippen molar-refractivity contribution in [2.75, 3.05) is 43.3 Å². The van der Waals surface area contributed by atoms with Crippen molar-refractivity contribution in [1.82, 2.24) is 9.44 Å². The molecule has 0 unspecified atom stereocenters. The zero-order valence-corrected chi connectivity index (χ0v) is 27.7. The van der Waals surface area contributed by atoms with Gasteiger partial charge in [0.1, 0.15) is 6.04 Å². The Kier molecular flexibility index (Phi) is 12.8. The fourth-order valence-electron chi connectivity index (χ4n) is 4.48. The molecule has 3 aromatic rings. The average Bonchev–Trinajstić information content (AvgIpc) is 3.03. The lowest BCUT2D eigenvalue weighted by Crippen LogP contribution is -2.47. The highest BCUT2D eigenvalue weighted by Crippen LogP contribution is 2.32. The number of aryl methyl sites for hydroxylation is 1. The number of aliphatic hydroxyl groups excluding tert-OH is 1. The van der Waals surface area contributed by atoms with Gasteiger partial charge in [-0.05, 0) is 91.6 Å². The Labute approximate surface area is 277 Å². The van der Waals surface area contributed by atoms with Crippen LogP contribution in [0.25, 0.3) is 0 Å². The van der Waals surface area contributed by atoms with Gasteiger partial charge in [0.25, 0.3) is 20.0 Å². The van der Waals surface area contributed by atoms with Crippen molar-refractivity contribution in [2.24, 2.45) is 0 Å². The number of rotatable bonds is 9. The van der Waals surface area contributed by atoms with Crippen LogP contribution in [0.15, 0.2) is 76.5 Å². The summed E-state index contributed by atoms with van der Waals surface area (Å²) < 4.78 is 59.1. The molecule has 0 spiro atoms. The molecule has 0 fully saturated rings. The molecule has 1 atom stereocenters. The largest absolute Gasteiger partial charge is 0.452 e. The van der Waals surface area contributed by atoms with Gasteiger partial charge in [-0.1, -0.05) is 11.6 Å². The number of methoxy groups -OCH3 is 2. The number of amides is 3. The standard InChI is InChI=1S/C21H24ClN3O6S.C8H10N2O4S/c1-31-21(28)24-32(29,30)17-7-5-16(6-8-17)23-20(27)19(10-12-26)25-11-2-3-14-13-15(22)4-9-18(14)25;1-14-8(11)10-15(12,13)7-4-2-6(9)3-5-7/h4-9,13,19,26H,2-3,10-12H2,1H3,(H,23,27)(H,24,28);2-5H,9H2,1H3,(H,10,11)/t19-;/m0./s1. The molecule has 3 amide bonds. The number of sulfonamides is 2. The van der Waals surface area contributed by atoms with Crippen LogP contribution in [0.2, 0.25) is 5.02 Å². The van der Waals surface area contributed by atoms with Crippen LogP contribution in [-0.2, 0) is 40.7 Å². The summed E-state index contributed by atoms with van der Waals surface area (Å²) in [7, 11) is -5.82. The highest BCUT2D eigenvalue weighted by atomic mass is 35.5. The van der Waals surface area contributed by atoms with Crippen molar-refractivity contribution in [3.8, 4) is 0 Å². The van der Waals surface area contributed by atoms with E-state index >= 15 is 0 Å². The zero-order valence-electron chi connectivity index (χ0n) is 25.3. The van der Waals surface area contributed by atoms with Gasteiger partial charge in [0.05, 0.1) is 24.0 Å². The quantitative estimate of drug-likeness (QED) is 0.202. The molecular weight excluding hydrogens is 678 g/mol. The Morgan fingerprint density at radius 2 is 1.43 bits per heavy atom. The summed E-state index contributed by atoms with van der Waals surface area (Å²) in [6, 6.07) is 15.7. The van der Waals surface area contributed by atoms with Crippen molar-refractivity contribution < 1.29 is 45.8 Å². The highest BCUT2D eigenvalue weighted by molar-refractivity contribution is 7.90. The molecule has 6 N–H and O–H groups in total. The fraction of sp³-hybridized carbons (Fsp3) is 0.276. The third kappa shape index (κ3) is 10.2. The SMILES string of the molecule is COC(=O)NS(=O)(=O)c1ccc(N)cc1.COC(=O)NS(=O)(=O)c1ccc(NC(=O)[C@H](CCO)N2CCCc3cc(Cl)ccc32)cc1. The van der Waals surface area contributed by atoms with Gasteiger partial charge in [-0.2, -0.15) is 0 Å². The summed E-state index contributed by atoms with van der Waals surface area (Å²) in [5, 5.41) is 13.0. The number of nitrogen functional groups attached to an aromatic ring is 1. The Morgan fingerprint density at radius 1 is 0.894 bits per heavy atom. The molecule has 254 valence electrons. The number of hydrogen-bond acceptors (Lipinski definition) is 12. The molecule has 1 aliphatic rings. The van der Waals surface area contributed by atoms with E-state index in [2.05, 4.69) is 14.8 Å². The minimum Gasteiger partial charge on any atom is -0.452 e. The molecule has 1 heterocycles. The number of aliphatic hydroxyl groups is 1. The summed E-state index contributed by atoms with van der Waals surface area (Å²) in [6.07, 6.45) is -0.203. The highest BCUT2D eigenvalue weighted by Gasteiger charge is 2.29. The van der Waals surface area contributed by atoms with Gasteiger partial charge >= 0.3 is 12.2 Å². The van der Waals surface area contributed by atoms with Crippen molar-refractivity contribution >= 4 is 66.8 Å². The number of halogens is 1. The predicted octanol–water partition coefficient (Wildman–Crippen LogP) is 2.84. The van der Waals surface area contributed by atoms with E-state index in [0.29, 0.717) is 22.9 Å². The van der Waals surface area contributed by atoms with Gasteiger partial charge in [-0.25, -0.2) is 35.9 Å². The smallest absolute Gasteiger partial charge is 0.420 e. The number of nitrogens with zero attached hydrogens (tertiary/aromatic N) is 1. The second-order valence-electron chi connectivity index (χ2n) is 9.87. The third-order valence-electron chi connectivity index (χ3n) is 6.71. The average molecular weight is 712 g/mol. The van der Waals surface area contributed by atoms with Gasteiger partial charge in [-0.3, -0.25) is 4.79 Å². The molecular formula is C29H34ClN5O10S2. The molecule has 4 rings (SSSR count). The monoisotopic (exact) mass is 711 g/mol. The zero-order chi connectivity index (χ0) is 34.8. The van der Waals surface area contributed by atoms with E-state index in [1.54, 1.807) is 15.5 Å². The Bertz CT molecular complexity index is 1790. The Balaban J connectivity index is 0.000000335. The van der Waals surface area contributed by atoms with Crippen LogP contribution in [0.4, 0.5) is 26.7 Å².